The number of benzene rings is 3. The van der Waals surface area contributed by atoms with Crippen molar-refractivity contribution in [1.82, 2.24) is 0 Å². The van der Waals surface area contributed by atoms with E-state index in [1.165, 1.54) is 0 Å². The van der Waals surface area contributed by atoms with Crippen LogP contribution in [0.3, 0.4) is 0 Å². The van der Waals surface area contributed by atoms with Crippen LogP contribution in [0.5, 0.6) is 11.5 Å². The van der Waals surface area contributed by atoms with E-state index in [4.69, 9.17) is 9.47 Å². The van der Waals surface area contributed by atoms with Crippen molar-refractivity contribution in [2.75, 3.05) is 12.4 Å². The molecule has 0 aromatic heterocycles. The molecule has 0 saturated heterocycles. The highest BCUT2D eigenvalue weighted by molar-refractivity contribution is 6.06. The Hall–Kier alpha value is -3.27. The molecule has 1 amide bonds. The Bertz CT molecular complexity index is 829. The number of para-hydroxylation sites is 1. The fourth-order valence-electron chi connectivity index (χ4n) is 2.41. The number of methoxy groups -OCH3 is 1. The van der Waals surface area contributed by atoms with Gasteiger partial charge in [-0.2, -0.15) is 0 Å². The molecule has 0 aliphatic heterocycles. The molecule has 0 radical (unpaired) electrons. The van der Waals surface area contributed by atoms with Crippen LogP contribution in [0.25, 0.3) is 0 Å². The Morgan fingerprint density at radius 2 is 1.56 bits per heavy atom. The Morgan fingerprint density at radius 3 is 2.28 bits per heavy atom. The van der Waals surface area contributed by atoms with Crippen LogP contribution in [0.4, 0.5) is 5.69 Å². The van der Waals surface area contributed by atoms with Gasteiger partial charge in [-0.3, -0.25) is 4.79 Å². The van der Waals surface area contributed by atoms with Gasteiger partial charge in [-0.25, -0.2) is 0 Å². The Kier molecular flexibility index (Phi) is 5.32. The highest BCUT2D eigenvalue weighted by Crippen LogP contribution is 2.21. The zero-order valence-corrected chi connectivity index (χ0v) is 13.9. The summed E-state index contributed by atoms with van der Waals surface area (Å²) in [5, 5.41) is 2.86. The molecule has 3 aromatic rings. The minimum atomic E-state index is -0.213. The monoisotopic (exact) mass is 333 g/mol. The predicted octanol–water partition coefficient (Wildman–Crippen LogP) is 4.53. The summed E-state index contributed by atoms with van der Waals surface area (Å²) >= 11 is 0. The van der Waals surface area contributed by atoms with Gasteiger partial charge in [-0.15, -0.1) is 0 Å². The third-order valence-electron chi connectivity index (χ3n) is 3.71. The van der Waals surface area contributed by atoms with E-state index in [1.54, 1.807) is 25.3 Å². The van der Waals surface area contributed by atoms with Gasteiger partial charge in [-0.05, 0) is 42.0 Å². The summed E-state index contributed by atoms with van der Waals surface area (Å²) < 4.78 is 11.0. The normalized spacial score (nSPS) is 10.1. The van der Waals surface area contributed by atoms with Crippen LogP contribution in [-0.4, -0.2) is 13.0 Å². The first kappa shape index (κ1) is 16.6. The molecule has 0 bridgehead atoms. The first-order valence-corrected chi connectivity index (χ1v) is 7.97. The number of nitrogens with one attached hydrogen (secondary N) is 1. The van der Waals surface area contributed by atoms with E-state index >= 15 is 0 Å². The maximum atomic E-state index is 12.4. The Labute approximate surface area is 147 Å². The Balaban J connectivity index is 1.61. The minimum Gasteiger partial charge on any atom is -0.496 e. The van der Waals surface area contributed by atoms with Crippen molar-refractivity contribution in [2.24, 2.45) is 0 Å². The lowest BCUT2D eigenvalue weighted by Crippen LogP contribution is -2.13. The SMILES string of the molecule is COc1ccccc1C(=O)Nc1ccc(OCc2ccccc2)cc1. The molecule has 0 saturated carbocycles. The van der Waals surface area contributed by atoms with Crippen molar-refractivity contribution in [1.29, 1.82) is 0 Å². The molecule has 0 fully saturated rings. The first-order chi connectivity index (χ1) is 12.3. The van der Waals surface area contributed by atoms with Gasteiger partial charge in [-0.1, -0.05) is 42.5 Å². The van der Waals surface area contributed by atoms with Gasteiger partial charge in [0.2, 0.25) is 0 Å². The van der Waals surface area contributed by atoms with E-state index in [0.717, 1.165) is 11.3 Å². The molecular weight excluding hydrogens is 314 g/mol. The molecule has 0 atom stereocenters. The topological polar surface area (TPSA) is 47.6 Å². The second-order valence-corrected chi connectivity index (χ2v) is 5.45. The van der Waals surface area contributed by atoms with Crippen LogP contribution in [0, 0.1) is 0 Å². The highest BCUT2D eigenvalue weighted by atomic mass is 16.5. The van der Waals surface area contributed by atoms with Crippen molar-refractivity contribution in [3.05, 3.63) is 90.0 Å². The van der Waals surface area contributed by atoms with Gasteiger partial charge in [0.15, 0.2) is 0 Å². The van der Waals surface area contributed by atoms with E-state index in [9.17, 15) is 4.79 Å². The third kappa shape index (κ3) is 4.38. The summed E-state index contributed by atoms with van der Waals surface area (Å²) in [5.41, 5.74) is 2.30. The zero-order valence-electron chi connectivity index (χ0n) is 13.9. The van der Waals surface area contributed by atoms with E-state index in [1.807, 2.05) is 60.7 Å². The van der Waals surface area contributed by atoms with E-state index in [0.29, 0.717) is 23.6 Å². The predicted molar refractivity (Wildman–Crippen MR) is 98.2 cm³/mol. The summed E-state index contributed by atoms with van der Waals surface area (Å²) in [4.78, 5) is 12.4. The van der Waals surface area contributed by atoms with Gasteiger partial charge in [0.1, 0.15) is 18.1 Å². The average Bonchev–Trinajstić information content (AvgIpc) is 2.68. The van der Waals surface area contributed by atoms with Crippen LogP contribution in [0.15, 0.2) is 78.9 Å². The molecule has 0 heterocycles. The standard InChI is InChI=1S/C21H19NO3/c1-24-20-10-6-5-9-19(20)21(23)22-17-11-13-18(14-12-17)25-15-16-7-3-2-4-8-16/h2-14H,15H2,1H3,(H,22,23). The lowest BCUT2D eigenvalue weighted by atomic mass is 10.2. The lowest BCUT2D eigenvalue weighted by Gasteiger charge is -2.10. The fourth-order valence-corrected chi connectivity index (χ4v) is 2.41. The van der Waals surface area contributed by atoms with E-state index in [-0.39, 0.29) is 5.91 Å². The summed E-state index contributed by atoms with van der Waals surface area (Å²) in [7, 11) is 1.55. The lowest BCUT2D eigenvalue weighted by molar-refractivity contribution is 0.102. The number of anilines is 1. The van der Waals surface area contributed by atoms with Crippen LogP contribution < -0.4 is 14.8 Å². The number of ether oxygens (including phenoxy) is 2. The molecule has 25 heavy (non-hydrogen) atoms. The van der Waals surface area contributed by atoms with Crippen LogP contribution in [-0.2, 0) is 6.61 Å². The van der Waals surface area contributed by atoms with Gasteiger partial charge in [0.25, 0.3) is 5.91 Å². The van der Waals surface area contributed by atoms with Crippen molar-refractivity contribution < 1.29 is 14.3 Å². The molecule has 0 aliphatic rings. The maximum absolute atomic E-state index is 12.4. The second-order valence-electron chi connectivity index (χ2n) is 5.45. The van der Waals surface area contributed by atoms with Crippen LogP contribution in [0.1, 0.15) is 15.9 Å². The van der Waals surface area contributed by atoms with Crippen molar-refractivity contribution in [3.63, 3.8) is 0 Å². The molecule has 0 unspecified atom stereocenters. The molecule has 4 nitrogen and oxygen atoms in total. The molecular formula is C21H19NO3. The summed E-state index contributed by atoms with van der Waals surface area (Å²) in [5.74, 6) is 1.08. The minimum absolute atomic E-state index is 0.213. The summed E-state index contributed by atoms with van der Waals surface area (Å²) in [6.45, 7) is 0.508. The molecule has 1 N–H and O–H groups in total. The number of hydrogen-bond donors (Lipinski definition) is 1. The van der Waals surface area contributed by atoms with Crippen LogP contribution >= 0.6 is 0 Å². The number of hydrogen-bond acceptors (Lipinski definition) is 3. The molecule has 0 spiro atoms. The van der Waals surface area contributed by atoms with Crippen molar-refractivity contribution in [2.45, 2.75) is 6.61 Å². The van der Waals surface area contributed by atoms with Crippen molar-refractivity contribution >= 4 is 11.6 Å². The molecule has 3 rings (SSSR count). The maximum Gasteiger partial charge on any atom is 0.259 e. The smallest absolute Gasteiger partial charge is 0.259 e. The van der Waals surface area contributed by atoms with Gasteiger partial charge >= 0.3 is 0 Å². The Morgan fingerprint density at radius 1 is 0.880 bits per heavy atom. The first-order valence-electron chi connectivity index (χ1n) is 7.97. The number of rotatable bonds is 6. The quantitative estimate of drug-likeness (QED) is 0.721. The zero-order chi connectivity index (χ0) is 17.5. The second kappa shape index (κ2) is 8.02. The van der Waals surface area contributed by atoms with Crippen molar-refractivity contribution in [3.8, 4) is 11.5 Å². The number of amides is 1. The van der Waals surface area contributed by atoms with Gasteiger partial charge in [0, 0.05) is 5.69 Å². The van der Waals surface area contributed by atoms with E-state index in [2.05, 4.69) is 5.32 Å². The number of carbonyl (C=O) groups is 1. The number of carbonyl (C=O) groups excluding carboxylic acids is 1. The third-order valence-corrected chi connectivity index (χ3v) is 3.71. The van der Waals surface area contributed by atoms with Crippen LogP contribution in [0.2, 0.25) is 0 Å². The highest BCUT2D eigenvalue weighted by Gasteiger charge is 2.11. The molecule has 4 heteroatoms. The van der Waals surface area contributed by atoms with Gasteiger partial charge < -0.3 is 14.8 Å². The largest absolute Gasteiger partial charge is 0.496 e. The fraction of sp³-hybridized carbons (Fsp3) is 0.0952. The summed E-state index contributed by atoms with van der Waals surface area (Å²) in [6.07, 6.45) is 0. The van der Waals surface area contributed by atoms with Gasteiger partial charge in [0.05, 0.1) is 12.7 Å². The average molecular weight is 333 g/mol. The molecule has 126 valence electrons. The summed E-state index contributed by atoms with van der Waals surface area (Å²) in [6, 6.07) is 24.4. The molecule has 3 aromatic carbocycles. The van der Waals surface area contributed by atoms with E-state index < -0.39 is 0 Å². The molecule has 0 aliphatic carbocycles.